The van der Waals surface area contributed by atoms with Crippen LogP contribution in [-0.4, -0.2) is 40.0 Å². The molecule has 0 atom stereocenters. The first-order valence-corrected chi connectivity index (χ1v) is 9.55. The molecule has 28 heavy (non-hydrogen) atoms. The Balaban J connectivity index is 1.63. The van der Waals surface area contributed by atoms with E-state index in [4.69, 9.17) is 16.3 Å². The highest BCUT2D eigenvalue weighted by atomic mass is 35.5. The maximum Gasteiger partial charge on any atom is 0.276 e. The smallest absolute Gasteiger partial charge is 0.276 e. The van der Waals surface area contributed by atoms with Crippen LogP contribution in [0.3, 0.4) is 0 Å². The van der Waals surface area contributed by atoms with Gasteiger partial charge in [-0.3, -0.25) is 4.79 Å². The number of carbonyl (C=O) groups excluding carboxylic acids is 1. The van der Waals surface area contributed by atoms with E-state index in [-0.39, 0.29) is 5.91 Å². The molecule has 1 amide bonds. The Morgan fingerprint density at radius 3 is 2.68 bits per heavy atom. The van der Waals surface area contributed by atoms with Gasteiger partial charge in [0.25, 0.3) is 5.91 Å². The van der Waals surface area contributed by atoms with Crippen molar-refractivity contribution in [2.45, 2.75) is 25.3 Å². The van der Waals surface area contributed by atoms with Gasteiger partial charge in [0.05, 0.1) is 18.5 Å². The number of rotatable bonds is 6. The van der Waals surface area contributed by atoms with Gasteiger partial charge >= 0.3 is 0 Å². The zero-order chi connectivity index (χ0) is 19.7. The van der Waals surface area contributed by atoms with Crippen LogP contribution in [0.2, 0.25) is 5.02 Å². The molecular formula is C21H21ClN4O2. The number of carbonyl (C=O) groups is 1. The second kappa shape index (κ2) is 7.64. The number of ether oxygens (including phenoxy) is 1. The van der Waals surface area contributed by atoms with E-state index in [1.807, 2.05) is 36.4 Å². The molecule has 0 aliphatic heterocycles. The highest BCUT2D eigenvalue weighted by molar-refractivity contribution is 6.30. The molecule has 1 fully saturated rings. The van der Waals surface area contributed by atoms with E-state index < -0.39 is 0 Å². The second-order valence-corrected chi connectivity index (χ2v) is 7.40. The number of hydrogen-bond acceptors (Lipinski definition) is 4. The standard InChI is InChI=1S/C21H21ClN4O2/c1-25(13-15-12-16(22)10-11-18(15)28-2)21(27)19-20(14-8-9-14)26(24-23-19)17-6-4-3-5-7-17/h3-7,10-12,14H,8-9,13H2,1-2H3. The summed E-state index contributed by atoms with van der Waals surface area (Å²) in [5.74, 6) is 0.855. The van der Waals surface area contributed by atoms with Crippen LogP contribution >= 0.6 is 11.6 Å². The summed E-state index contributed by atoms with van der Waals surface area (Å²) in [7, 11) is 3.35. The Bertz CT molecular complexity index is 999. The van der Waals surface area contributed by atoms with Gasteiger partial charge in [0.1, 0.15) is 5.75 Å². The topological polar surface area (TPSA) is 60.2 Å². The van der Waals surface area contributed by atoms with Crippen molar-refractivity contribution in [1.82, 2.24) is 19.9 Å². The van der Waals surface area contributed by atoms with E-state index in [2.05, 4.69) is 10.3 Å². The van der Waals surface area contributed by atoms with Gasteiger partial charge in [-0.2, -0.15) is 0 Å². The Morgan fingerprint density at radius 2 is 2.00 bits per heavy atom. The average Bonchev–Trinajstić information content (AvgIpc) is 3.46. The normalized spacial score (nSPS) is 13.4. The Labute approximate surface area is 168 Å². The number of halogens is 1. The van der Waals surface area contributed by atoms with Crippen LogP contribution in [-0.2, 0) is 6.54 Å². The zero-order valence-electron chi connectivity index (χ0n) is 15.8. The number of hydrogen-bond donors (Lipinski definition) is 0. The molecule has 0 unspecified atom stereocenters. The number of aromatic nitrogens is 3. The second-order valence-electron chi connectivity index (χ2n) is 6.96. The highest BCUT2D eigenvalue weighted by Gasteiger charge is 2.35. The third-order valence-electron chi connectivity index (χ3n) is 4.87. The Morgan fingerprint density at radius 1 is 1.25 bits per heavy atom. The number of amides is 1. The molecule has 4 rings (SSSR count). The van der Waals surface area contributed by atoms with Gasteiger partial charge in [0.15, 0.2) is 5.69 Å². The number of methoxy groups -OCH3 is 1. The lowest BCUT2D eigenvalue weighted by Crippen LogP contribution is -2.27. The van der Waals surface area contributed by atoms with Crippen molar-refractivity contribution < 1.29 is 9.53 Å². The first-order chi connectivity index (χ1) is 13.6. The molecule has 0 N–H and O–H groups in total. The third kappa shape index (κ3) is 3.60. The van der Waals surface area contributed by atoms with Crippen molar-refractivity contribution in [2.75, 3.05) is 14.2 Å². The van der Waals surface area contributed by atoms with Crippen molar-refractivity contribution in [3.63, 3.8) is 0 Å². The predicted octanol–water partition coefficient (Wildman–Crippen LogP) is 4.08. The summed E-state index contributed by atoms with van der Waals surface area (Å²) >= 11 is 6.12. The predicted molar refractivity (Wildman–Crippen MR) is 107 cm³/mol. The summed E-state index contributed by atoms with van der Waals surface area (Å²) in [5, 5.41) is 9.12. The van der Waals surface area contributed by atoms with Crippen LogP contribution in [0.1, 0.15) is 40.5 Å². The van der Waals surface area contributed by atoms with Gasteiger partial charge < -0.3 is 9.64 Å². The fourth-order valence-corrected chi connectivity index (χ4v) is 3.50. The van der Waals surface area contributed by atoms with Gasteiger partial charge in [-0.05, 0) is 43.2 Å². The molecule has 0 radical (unpaired) electrons. The molecule has 1 saturated carbocycles. The largest absolute Gasteiger partial charge is 0.496 e. The molecule has 1 aliphatic carbocycles. The number of benzene rings is 2. The van der Waals surface area contributed by atoms with Crippen molar-refractivity contribution >= 4 is 17.5 Å². The maximum atomic E-state index is 13.2. The van der Waals surface area contributed by atoms with Crippen LogP contribution < -0.4 is 4.74 Å². The van der Waals surface area contributed by atoms with Gasteiger partial charge in [0.2, 0.25) is 0 Å². The minimum Gasteiger partial charge on any atom is -0.496 e. The molecule has 3 aromatic rings. The number of nitrogens with zero attached hydrogens (tertiary/aromatic N) is 4. The van der Waals surface area contributed by atoms with Crippen molar-refractivity contribution in [1.29, 1.82) is 0 Å². The molecule has 1 aromatic heterocycles. The molecule has 0 bridgehead atoms. The molecule has 1 aliphatic rings. The first kappa shape index (κ1) is 18.5. The summed E-state index contributed by atoms with van der Waals surface area (Å²) < 4.78 is 7.18. The van der Waals surface area contributed by atoms with Crippen LogP contribution in [0.5, 0.6) is 5.75 Å². The SMILES string of the molecule is COc1ccc(Cl)cc1CN(C)C(=O)c1nnn(-c2ccccc2)c1C1CC1. The molecule has 144 valence electrons. The van der Waals surface area contributed by atoms with Crippen LogP contribution in [0.4, 0.5) is 0 Å². The fraction of sp³-hybridized carbons (Fsp3) is 0.286. The lowest BCUT2D eigenvalue weighted by molar-refractivity contribution is 0.0777. The summed E-state index contributed by atoms with van der Waals surface area (Å²) in [5.41, 5.74) is 3.06. The lowest BCUT2D eigenvalue weighted by Gasteiger charge is -2.18. The summed E-state index contributed by atoms with van der Waals surface area (Å²) in [6.45, 7) is 0.366. The molecule has 0 saturated heterocycles. The summed E-state index contributed by atoms with van der Waals surface area (Å²) in [6.07, 6.45) is 2.10. The lowest BCUT2D eigenvalue weighted by atomic mass is 10.1. The Hall–Kier alpha value is -2.86. The molecule has 7 heteroatoms. The third-order valence-corrected chi connectivity index (χ3v) is 5.10. The molecular weight excluding hydrogens is 376 g/mol. The maximum absolute atomic E-state index is 13.2. The van der Waals surface area contributed by atoms with Crippen LogP contribution in [0.15, 0.2) is 48.5 Å². The highest BCUT2D eigenvalue weighted by Crippen LogP contribution is 2.42. The Kier molecular flexibility index (Phi) is 5.05. The molecule has 0 spiro atoms. The fourth-order valence-electron chi connectivity index (χ4n) is 3.30. The van der Waals surface area contributed by atoms with Gasteiger partial charge in [-0.15, -0.1) is 5.10 Å². The van der Waals surface area contributed by atoms with E-state index >= 15 is 0 Å². The quantitative estimate of drug-likeness (QED) is 0.630. The minimum absolute atomic E-state index is 0.161. The van der Waals surface area contributed by atoms with Crippen molar-refractivity contribution in [2.24, 2.45) is 0 Å². The zero-order valence-corrected chi connectivity index (χ0v) is 16.6. The number of para-hydroxylation sites is 1. The molecule has 6 nitrogen and oxygen atoms in total. The van der Waals surface area contributed by atoms with Gasteiger partial charge in [-0.25, -0.2) is 4.68 Å². The average molecular weight is 397 g/mol. The van der Waals surface area contributed by atoms with E-state index in [9.17, 15) is 4.79 Å². The van der Waals surface area contributed by atoms with E-state index in [0.29, 0.717) is 28.9 Å². The van der Waals surface area contributed by atoms with Gasteiger partial charge in [-0.1, -0.05) is 35.0 Å². The minimum atomic E-state index is -0.161. The molecule has 1 heterocycles. The van der Waals surface area contributed by atoms with Crippen molar-refractivity contribution in [3.8, 4) is 11.4 Å². The summed E-state index contributed by atoms with van der Waals surface area (Å²) in [4.78, 5) is 14.8. The van der Waals surface area contributed by atoms with Gasteiger partial charge in [0, 0.05) is 30.1 Å². The summed E-state index contributed by atoms with van der Waals surface area (Å²) in [6, 6.07) is 15.2. The van der Waals surface area contributed by atoms with Crippen LogP contribution in [0.25, 0.3) is 5.69 Å². The van der Waals surface area contributed by atoms with Crippen molar-refractivity contribution in [3.05, 3.63) is 70.5 Å². The van der Waals surface area contributed by atoms with E-state index in [1.54, 1.807) is 35.9 Å². The van der Waals surface area contributed by atoms with E-state index in [1.165, 1.54) is 0 Å². The monoisotopic (exact) mass is 396 g/mol. The van der Waals surface area contributed by atoms with E-state index in [0.717, 1.165) is 29.8 Å². The molecule has 2 aromatic carbocycles. The first-order valence-electron chi connectivity index (χ1n) is 9.17. The van der Waals surface area contributed by atoms with Crippen LogP contribution in [0, 0.1) is 0 Å².